The summed E-state index contributed by atoms with van der Waals surface area (Å²) in [4.78, 5) is 21.5. The van der Waals surface area contributed by atoms with Crippen LogP contribution in [-0.4, -0.2) is 32.4 Å². The Hall–Kier alpha value is -3.53. The van der Waals surface area contributed by atoms with E-state index in [1.165, 1.54) is 10.7 Å². The van der Waals surface area contributed by atoms with E-state index in [-0.39, 0.29) is 18.9 Å². The summed E-state index contributed by atoms with van der Waals surface area (Å²) in [5.41, 5.74) is 2.44. The average Bonchev–Trinajstić information content (AvgIpc) is 3.11. The fourth-order valence-corrected chi connectivity index (χ4v) is 4.16. The molecule has 3 aromatic heterocycles. The molecule has 1 N–H and O–H groups in total. The van der Waals surface area contributed by atoms with Crippen LogP contribution in [0.25, 0.3) is 21.8 Å². The number of alkyl halides is 3. The number of hydrogen-bond acceptors (Lipinski definition) is 5. The number of carbonyl (C=O) groups is 1. The van der Waals surface area contributed by atoms with E-state index in [9.17, 15) is 18.0 Å². The summed E-state index contributed by atoms with van der Waals surface area (Å²) in [5, 5.41) is 8.83. The first-order valence-corrected chi connectivity index (χ1v) is 9.94. The van der Waals surface area contributed by atoms with Crippen LogP contribution in [0.3, 0.4) is 0 Å². The third kappa shape index (κ3) is 3.27. The lowest BCUT2D eigenvalue weighted by Crippen LogP contribution is -2.37. The third-order valence-electron chi connectivity index (χ3n) is 5.56. The summed E-state index contributed by atoms with van der Waals surface area (Å²) in [6.45, 7) is 3.73. The number of hydrogen-bond donors (Lipinski definition) is 1. The third-order valence-corrected chi connectivity index (χ3v) is 5.56. The highest BCUT2D eigenvalue weighted by Crippen LogP contribution is 2.32. The minimum atomic E-state index is -4.55. The van der Waals surface area contributed by atoms with Crippen LogP contribution in [0.1, 0.15) is 34.4 Å². The van der Waals surface area contributed by atoms with Gasteiger partial charge in [-0.1, -0.05) is 24.3 Å². The maximum absolute atomic E-state index is 13.2. The highest BCUT2D eigenvalue weighted by molar-refractivity contribution is 6.08. The SMILES string of the molecule is Cc1nc2ccccc2c2c1c(C)nn2C(=O)N[C@@H]1COCc2nc(C(F)(F)F)ccc21. The summed E-state index contributed by atoms with van der Waals surface area (Å²) in [5.74, 6) is 0. The van der Waals surface area contributed by atoms with Crippen molar-refractivity contribution in [3.63, 3.8) is 0 Å². The summed E-state index contributed by atoms with van der Waals surface area (Å²) >= 11 is 0. The molecular formula is C22H18F3N5O2. The minimum absolute atomic E-state index is 0.0507. The van der Waals surface area contributed by atoms with Gasteiger partial charge in [0.2, 0.25) is 0 Å². The molecule has 0 fully saturated rings. The number of amides is 1. The topological polar surface area (TPSA) is 81.9 Å². The van der Waals surface area contributed by atoms with Gasteiger partial charge < -0.3 is 10.1 Å². The fourth-order valence-electron chi connectivity index (χ4n) is 4.16. The second-order valence-corrected chi connectivity index (χ2v) is 7.68. The van der Waals surface area contributed by atoms with Crippen molar-refractivity contribution in [2.75, 3.05) is 6.61 Å². The first-order chi connectivity index (χ1) is 15.2. The first-order valence-electron chi connectivity index (χ1n) is 9.94. The Morgan fingerprint density at radius 2 is 1.91 bits per heavy atom. The fraction of sp³-hybridized carbons (Fsp3) is 0.273. The molecule has 164 valence electrons. The Bertz CT molecular complexity index is 1380. The molecule has 1 amide bonds. The Morgan fingerprint density at radius 3 is 2.69 bits per heavy atom. The van der Waals surface area contributed by atoms with E-state index >= 15 is 0 Å². The summed E-state index contributed by atoms with van der Waals surface area (Å²) in [6, 6.07) is 8.55. The van der Waals surface area contributed by atoms with Crippen LogP contribution in [0.15, 0.2) is 36.4 Å². The van der Waals surface area contributed by atoms with Gasteiger partial charge in [0.15, 0.2) is 0 Å². The van der Waals surface area contributed by atoms with Crippen molar-refractivity contribution in [3.05, 3.63) is 64.7 Å². The number of para-hydroxylation sites is 1. The van der Waals surface area contributed by atoms with Gasteiger partial charge in [0.25, 0.3) is 0 Å². The average molecular weight is 441 g/mol. The van der Waals surface area contributed by atoms with E-state index in [1.807, 2.05) is 31.2 Å². The van der Waals surface area contributed by atoms with Crippen molar-refractivity contribution >= 4 is 27.8 Å². The van der Waals surface area contributed by atoms with Crippen molar-refractivity contribution < 1.29 is 22.7 Å². The summed E-state index contributed by atoms with van der Waals surface area (Å²) < 4.78 is 45.7. The number of nitrogens with zero attached hydrogens (tertiary/aromatic N) is 4. The predicted octanol–water partition coefficient (Wildman–Crippen LogP) is 4.44. The first kappa shape index (κ1) is 20.4. The minimum Gasteiger partial charge on any atom is -0.373 e. The van der Waals surface area contributed by atoms with Gasteiger partial charge in [0.1, 0.15) is 5.69 Å². The standard InChI is InChI=1S/C22H18F3N5O2/c1-11-19-12(2)29-30(20(19)14-5-3-4-6-15(14)26-11)21(31)28-17-10-32-9-16-13(17)7-8-18(27-16)22(23,24)25/h3-8,17H,9-10H2,1-2H3,(H,28,31)/t17-/m1/s1. The lowest BCUT2D eigenvalue weighted by Gasteiger charge is -2.26. The summed E-state index contributed by atoms with van der Waals surface area (Å²) in [6.07, 6.45) is -4.55. The molecule has 0 saturated carbocycles. The van der Waals surface area contributed by atoms with Gasteiger partial charge in [0.05, 0.1) is 41.7 Å². The van der Waals surface area contributed by atoms with Gasteiger partial charge >= 0.3 is 12.2 Å². The maximum Gasteiger partial charge on any atom is 0.433 e. The zero-order valence-corrected chi connectivity index (χ0v) is 17.2. The highest BCUT2D eigenvalue weighted by Gasteiger charge is 2.34. The Morgan fingerprint density at radius 1 is 1.12 bits per heavy atom. The maximum atomic E-state index is 13.2. The number of aryl methyl sites for hydroxylation is 2. The molecule has 0 radical (unpaired) electrons. The molecule has 0 unspecified atom stereocenters. The van der Waals surface area contributed by atoms with Crippen LogP contribution in [0.5, 0.6) is 0 Å². The van der Waals surface area contributed by atoms with Crippen molar-refractivity contribution in [1.29, 1.82) is 0 Å². The van der Waals surface area contributed by atoms with Crippen LogP contribution in [-0.2, 0) is 17.5 Å². The van der Waals surface area contributed by atoms with Crippen molar-refractivity contribution in [2.24, 2.45) is 0 Å². The Kier molecular flexibility index (Phi) is 4.63. The van der Waals surface area contributed by atoms with Gasteiger partial charge in [-0.15, -0.1) is 0 Å². The molecule has 1 atom stereocenters. The monoisotopic (exact) mass is 441 g/mol. The molecule has 10 heteroatoms. The molecule has 4 heterocycles. The van der Waals surface area contributed by atoms with Gasteiger partial charge in [-0.25, -0.2) is 9.78 Å². The number of halogens is 3. The second-order valence-electron chi connectivity index (χ2n) is 7.68. The predicted molar refractivity (Wildman–Crippen MR) is 110 cm³/mol. The number of carbonyl (C=O) groups excluding carboxylic acids is 1. The summed E-state index contributed by atoms with van der Waals surface area (Å²) in [7, 11) is 0. The molecule has 7 nitrogen and oxygen atoms in total. The van der Waals surface area contributed by atoms with Crippen molar-refractivity contribution in [2.45, 2.75) is 32.7 Å². The molecule has 0 saturated heterocycles. The van der Waals surface area contributed by atoms with Crippen LogP contribution in [0, 0.1) is 13.8 Å². The zero-order chi connectivity index (χ0) is 22.6. The van der Waals surface area contributed by atoms with Crippen LogP contribution in [0.4, 0.5) is 18.0 Å². The molecule has 1 aliphatic heterocycles. The van der Waals surface area contributed by atoms with Gasteiger partial charge in [0, 0.05) is 22.0 Å². The van der Waals surface area contributed by atoms with Crippen molar-refractivity contribution in [3.8, 4) is 0 Å². The van der Waals surface area contributed by atoms with E-state index < -0.39 is 23.9 Å². The largest absolute Gasteiger partial charge is 0.433 e. The van der Waals surface area contributed by atoms with E-state index in [4.69, 9.17) is 4.74 Å². The van der Waals surface area contributed by atoms with Gasteiger partial charge in [-0.2, -0.15) is 23.0 Å². The number of fused-ring (bicyclic) bond motifs is 4. The molecule has 1 aliphatic rings. The Labute approximate surface area is 180 Å². The molecule has 0 spiro atoms. The van der Waals surface area contributed by atoms with E-state index in [0.717, 1.165) is 28.0 Å². The Balaban J connectivity index is 1.55. The molecule has 0 bridgehead atoms. The lowest BCUT2D eigenvalue weighted by molar-refractivity contribution is -0.141. The number of benzene rings is 1. The zero-order valence-electron chi connectivity index (χ0n) is 17.2. The van der Waals surface area contributed by atoms with Crippen LogP contribution < -0.4 is 5.32 Å². The molecular weight excluding hydrogens is 423 g/mol. The van der Waals surface area contributed by atoms with E-state index in [2.05, 4.69) is 20.4 Å². The molecule has 4 aromatic rings. The van der Waals surface area contributed by atoms with Gasteiger partial charge in [-0.3, -0.25) is 4.98 Å². The van der Waals surface area contributed by atoms with E-state index in [1.54, 1.807) is 6.92 Å². The van der Waals surface area contributed by atoms with Crippen LogP contribution in [0.2, 0.25) is 0 Å². The molecule has 32 heavy (non-hydrogen) atoms. The second kappa shape index (κ2) is 7.27. The molecule has 0 aliphatic carbocycles. The van der Waals surface area contributed by atoms with Gasteiger partial charge in [-0.05, 0) is 26.0 Å². The van der Waals surface area contributed by atoms with Crippen molar-refractivity contribution in [1.82, 2.24) is 25.1 Å². The normalized spacial score (nSPS) is 16.3. The number of rotatable bonds is 1. The van der Waals surface area contributed by atoms with Crippen LogP contribution >= 0.6 is 0 Å². The lowest BCUT2D eigenvalue weighted by atomic mass is 10.0. The van der Waals surface area contributed by atoms with E-state index in [0.29, 0.717) is 16.8 Å². The number of ether oxygens (including phenoxy) is 1. The number of nitrogens with one attached hydrogen (secondary N) is 1. The number of aromatic nitrogens is 4. The quantitative estimate of drug-likeness (QED) is 0.472. The molecule has 1 aromatic carbocycles. The highest BCUT2D eigenvalue weighted by atomic mass is 19.4. The smallest absolute Gasteiger partial charge is 0.373 e. The molecule has 5 rings (SSSR count). The number of pyridine rings is 2.